The number of carbonyl (C=O) groups is 1. The predicted octanol–water partition coefficient (Wildman–Crippen LogP) is 7.66. The van der Waals surface area contributed by atoms with E-state index in [-0.39, 0.29) is 18.9 Å². The van der Waals surface area contributed by atoms with Crippen LogP contribution in [0.25, 0.3) is 0 Å². The number of hydrogen-bond donors (Lipinski definition) is 9. The quantitative estimate of drug-likeness (QED) is 0.0212. The fraction of sp³-hybridized carbons (Fsp3) is 0.833. The van der Waals surface area contributed by atoms with E-state index < -0.39 is 86.8 Å². The topological polar surface area (TPSA) is 228 Å². The van der Waals surface area contributed by atoms with E-state index in [1.165, 1.54) is 96.3 Å². The molecule has 0 saturated carbocycles. The van der Waals surface area contributed by atoms with E-state index in [1.54, 1.807) is 6.08 Å². The Bertz CT molecular complexity index is 1330. The second-order valence-electron chi connectivity index (χ2n) is 19.0. The summed E-state index contributed by atoms with van der Waals surface area (Å²) in [5.41, 5.74) is 0. The standard InChI is InChI=1S/C54H97NO13/c1-3-5-7-9-11-13-15-17-18-19-20-21-22-23-24-25-26-27-29-31-33-35-37-43(58)42(55-46(59)38-36-34-32-30-28-16-14-12-10-8-6-4-2)41-65-53-51(64)49(62)52(45(40-57)67-53)68-54-50(63)48(61)47(60)44(39-56)66-54/h12,14,23-24,27,29,35,37,42-45,47-54,56-58,60-64H,3-11,13,15-22,25-26,28,30-34,36,38-41H2,1-2H3,(H,55,59)/b14-12-,24-23+,29-27+,37-35+. The van der Waals surface area contributed by atoms with Gasteiger partial charge in [0, 0.05) is 6.42 Å². The summed E-state index contributed by atoms with van der Waals surface area (Å²) in [5, 5.41) is 86.7. The van der Waals surface area contributed by atoms with Crippen LogP contribution in [0, 0.1) is 0 Å². The molecule has 12 atom stereocenters. The Morgan fingerprint density at radius 3 is 1.47 bits per heavy atom. The molecule has 2 aliphatic heterocycles. The van der Waals surface area contributed by atoms with Crippen molar-refractivity contribution in [3.05, 3.63) is 48.6 Å². The van der Waals surface area contributed by atoms with Crippen molar-refractivity contribution in [2.45, 2.75) is 267 Å². The van der Waals surface area contributed by atoms with Crippen molar-refractivity contribution >= 4 is 5.91 Å². The second kappa shape index (κ2) is 40.5. The third-order valence-electron chi connectivity index (χ3n) is 13.0. The summed E-state index contributed by atoms with van der Waals surface area (Å²) in [4.78, 5) is 13.1. The van der Waals surface area contributed by atoms with E-state index in [0.717, 1.165) is 64.2 Å². The molecule has 2 aliphatic rings. The molecule has 0 aromatic carbocycles. The summed E-state index contributed by atoms with van der Waals surface area (Å²) >= 11 is 0. The Morgan fingerprint density at radius 1 is 0.515 bits per heavy atom. The molecule has 2 heterocycles. The fourth-order valence-electron chi connectivity index (χ4n) is 8.55. The van der Waals surface area contributed by atoms with Gasteiger partial charge in [-0.3, -0.25) is 4.79 Å². The number of carbonyl (C=O) groups excluding carboxylic acids is 1. The normalized spacial score (nSPS) is 26.7. The molecule has 1 amide bonds. The van der Waals surface area contributed by atoms with E-state index in [2.05, 4.69) is 55.6 Å². The minimum Gasteiger partial charge on any atom is -0.394 e. The maximum atomic E-state index is 13.1. The first kappa shape index (κ1) is 62.1. The molecule has 14 heteroatoms. The van der Waals surface area contributed by atoms with Crippen LogP contribution < -0.4 is 5.32 Å². The molecule has 2 fully saturated rings. The first-order valence-electron chi connectivity index (χ1n) is 26.9. The zero-order valence-corrected chi connectivity index (χ0v) is 42.1. The Balaban J connectivity index is 1.83. The van der Waals surface area contributed by atoms with Crippen LogP contribution >= 0.6 is 0 Å². The lowest BCUT2D eigenvalue weighted by atomic mass is 9.97. The summed E-state index contributed by atoms with van der Waals surface area (Å²) in [7, 11) is 0. The molecule has 0 spiro atoms. The van der Waals surface area contributed by atoms with Crippen molar-refractivity contribution < 1.29 is 64.6 Å². The van der Waals surface area contributed by atoms with Gasteiger partial charge in [0.1, 0.15) is 48.8 Å². The number of rotatable bonds is 41. The average molecular weight is 968 g/mol. The molecule has 0 bridgehead atoms. The number of ether oxygens (including phenoxy) is 4. The highest BCUT2D eigenvalue weighted by Gasteiger charge is 2.51. The van der Waals surface area contributed by atoms with Gasteiger partial charge in [-0.2, -0.15) is 0 Å². The molecule has 396 valence electrons. The molecule has 12 unspecified atom stereocenters. The number of aliphatic hydroxyl groups is 8. The first-order valence-corrected chi connectivity index (χ1v) is 26.9. The van der Waals surface area contributed by atoms with E-state index in [0.29, 0.717) is 12.8 Å². The lowest BCUT2D eigenvalue weighted by Gasteiger charge is -2.46. The van der Waals surface area contributed by atoms with Gasteiger partial charge in [0.25, 0.3) is 0 Å². The maximum absolute atomic E-state index is 13.1. The molecule has 0 aliphatic carbocycles. The number of aliphatic hydroxyl groups excluding tert-OH is 8. The van der Waals surface area contributed by atoms with Gasteiger partial charge in [0.15, 0.2) is 12.6 Å². The Hall–Kier alpha value is -2.05. The van der Waals surface area contributed by atoms with Crippen molar-refractivity contribution in [1.82, 2.24) is 5.32 Å². The van der Waals surface area contributed by atoms with E-state index in [1.807, 2.05) is 6.08 Å². The minimum atomic E-state index is -1.79. The van der Waals surface area contributed by atoms with E-state index in [9.17, 15) is 45.6 Å². The average Bonchev–Trinajstić information content (AvgIpc) is 3.34. The van der Waals surface area contributed by atoms with Crippen LogP contribution in [0.3, 0.4) is 0 Å². The molecule has 9 N–H and O–H groups in total. The van der Waals surface area contributed by atoms with Gasteiger partial charge in [-0.25, -0.2) is 0 Å². The largest absolute Gasteiger partial charge is 0.394 e. The number of unbranched alkanes of at least 4 members (excludes halogenated alkanes) is 22. The van der Waals surface area contributed by atoms with Crippen LogP contribution in [0.1, 0.15) is 194 Å². The predicted molar refractivity (Wildman–Crippen MR) is 267 cm³/mol. The monoisotopic (exact) mass is 968 g/mol. The molecule has 2 rings (SSSR count). The molecule has 0 aromatic heterocycles. The lowest BCUT2D eigenvalue weighted by Crippen LogP contribution is -2.65. The Labute approximate surface area is 410 Å². The van der Waals surface area contributed by atoms with E-state index >= 15 is 0 Å². The highest BCUT2D eigenvalue weighted by molar-refractivity contribution is 5.76. The fourth-order valence-corrected chi connectivity index (χ4v) is 8.55. The van der Waals surface area contributed by atoms with Gasteiger partial charge in [0.2, 0.25) is 5.91 Å². The molecular weight excluding hydrogens is 871 g/mol. The molecule has 0 radical (unpaired) electrons. The Morgan fingerprint density at radius 2 is 0.941 bits per heavy atom. The molecular formula is C54H97NO13. The summed E-state index contributed by atoms with van der Waals surface area (Å²) in [6.07, 6.45) is 31.6. The third-order valence-corrected chi connectivity index (χ3v) is 13.0. The number of hydrogen-bond acceptors (Lipinski definition) is 13. The summed E-state index contributed by atoms with van der Waals surface area (Å²) in [6.45, 7) is 2.72. The summed E-state index contributed by atoms with van der Waals surface area (Å²) < 4.78 is 22.7. The smallest absolute Gasteiger partial charge is 0.220 e. The molecule has 14 nitrogen and oxygen atoms in total. The second-order valence-corrected chi connectivity index (χ2v) is 19.0. The lowest BCUT2D eigenvalue weighted by molar-refractivity contribution is -0.359. The molecule has 68 heavy (non-hydrogen) atoms. The zero-order valence-electron chi connectivity index (χ0n) is 42.1. The van der Waals surface area contributed by atoms with Gasteiger partial charge in [-0.15, -0.1) is 0 Å². The summed E-state index contributed by atoms with van der Waals surface area (Å²) in [6, 6.07) is -0.941. The zero-order chi connectivity index (χ0) is 49.6. The molecule has 2 saturated heterocycles. The van der Waals surface area contributed by atoms with Gasteiger partial charge in [0.05, 0.1) is 32.0 Å². The van der Waals surface area contributed by atoms with Crippen LogP contribution in [0.4, 0.5) is 0 Å². The minimum absolute atomic E-state index is 0.258. The number of amides is 1. The van der Waals surface area contributed by atoms with Gasteiger partial charge in [-0.05, 0) is 70.6 Å². The highest BCUT2D eigenvalue weighted by Crippen LogP contribution is 2.30. The SMILES string of the molecule is CCCCC/C=C\CCCCCCCC(=O)NC(COC1OC(CO)C(OC2OC(CO)C(O)C(O)C2O)C(O)C1O)C(O)/C=C/CC/C=C/CC/C=C/CCCCCCCCCCCCCC. The third kappa shape index (κ3) is 27.0. The van der Waals surface area contributed by atoms with E-state index in [4.69, 9.17) is 18.9 Å². The Kier molecular flexibility index (Phi) is 37.0. The highest BCUT2D eigenvalue weighted by atomic mass is 16.7. The van der Waals surface area contributed by atoms with Crippen LogP contribution in [0.15, 0.2) is 48.6 Å². The number of allylic oxidation sites excluding steroid dienone is 7. The summed E-state index contributed by atoms with van der Waals surface area (Å²) in [5.74, 6) is -0.265. The first-order chi connectivity index (χ1) is 33.1. The van der Waals surface area contributed by atoms with Crippen molar-refractivity contribution in [3.8, 4) is 0 Å². The van der Waals surface area contributed by atoms with Crippen LogP contribution in [-0.2, 0) is 23.7 Å². The van der Waals surface area contributed by atoms with Crippen LogP contribution in [-0.4, -0.2) is 140 Å². The van der Waals surface area contributed by atoms with Gasteiger partial charge >= 0.3 is 0 Å². The molecule has 0 aromatic rings. The van der Waals surface area contributed by atoms with Gasteiger partial charge < -0.3 is 65.1 Å². The maximum Gasteiger partial charge on any atom is 0.220 e. The van der Waals surface area contributed by atoms with Gasteiger partial charge in [-0.1, -0.05) is 165 Å². The van der Waals surface area contributed by atoms with Crippen molar-refractivity contribution in [1.29, 1.82) is 0 Å². The number of nitrogens with one attached hydrogen (secondary N) is 1. The van der Waals surface area contributed by atoms with Crippen molar-refractivity contribution in [2.75, 3.05) is 19.8 Å². The van der Waals surface area contributed by atoms with Crippen molar-refractivity contribution in [2.24, 2.45) is 0 Å². The van der Waals surface area contributed by atoms with Crippen molar-refractivity contribution in [3.63, 3.8) is 0 Å². The van der Waals surface area contributed by atoms with Crippen LogP contribution in [0.2, 0.25) is 0 Å². The van der Waals surface area contributed by atoms with Crippen LogP contribution in [0.5, 0.6) is 0 Å².